The third-order valence-corrected chi connectivity index (χ3v) is 3.27. The van der Waals surface area contributed by atoms with Gasteiger partial charge in [0.15, 0.2) is 0 Å². The molecule has 0 radical (unpaired) electrons. The Morgan fingerprint density at radius 1 is 0.944 bits per heavy atom. The molecular formula is C17H21N. The minimum absolute atomic E-state index is 0.600. The van der Waals surface area contributed by atoms with Gasteiger partial charge >= 0.3 is 0 Å². The van der Waals surface area contributed by atoms with E-state index in [9.17, 15) is 0 Å². The molecule has 1 nitrogen and oxygen atoms in total. The maximum atomic E-state index is 3.48. The van der Waals surface area contributed by atoms with E-state index in [4.69, 9.17) is 0 Å². The van der Waals surface area contributed by atoms with E-state index >= 15 is 0 Å². The fraction of sp³-hybridized carbons (Fsp3) is 0.294. The topological polar surface area (TPSA) is 12.0 Å². The Kier molecular flexibility index (Phi) is 4.03. The van der Waals surface area contributed by atoms with E-state index in [1.807, 2.05) is 0 Å². The summed E-state index contributed by atoms with van der Waals surface area (Å²) in [5, 5.41) is 3.48. The highest BCUT2D eigenvalue weighted by Gasteiger charge is 2.00. The number of anilines is 1. The van der Waals surface area contributed by atoms with Crippen molar-refractivity contribution in [2.45, 2.75) is 33.2 Å². The van der Waals surface area contributed by atoms with Gasteiger partial charge in [0, 0.05) is 12.2 Å². The van der Waals surface area contributed by atoms with Gasteiger partial charge in [-0.2, -0.15) is 0 Å². The molecule has 0 aromatic heterocycles. The smallest absolute Gasteiger partial charge is 0.0400 e. The molecule has 2 aromatic carbocycles. The summed E-state index contributed by atoms with van der Waals surface area (Å²) in [4.78, 5) is 0. The number of hydrogen-bond acceptors (Lipinski definition) is 1. The highest BCUT2D eigenvalue weighted by Crippen LogP contribution is 2.17. The minimum Gasteiger partial charge on any atom is -0.381 e. The van der Waals surface area contributed by atoms with Crippen LogP contribution in [0, 0.1) is 6.92 Å². The van der Waals surface area contributed by atoms with E-state index in [0.717, 1.165) is 6.54 Å². The molecular weight excluding hydrogens is 218 g/mol. The normalized spacial score (nSPS) is 10.7. The summed E-state index contributed by atoms with van der Waals surface area (Å²) in [6, 6.07) is 17.2. The van der Waals surface area contributed by atoms with Crippen molar-refractivity contribution in [1.29, 1.82) is 0 Å². The average molecular weight is 239 g/mol. The molecule has 0 spiro atoms. The van der Waals surface area contributed by atoms with Gasteiger partial charge in [-0.25, -0.2) is 0 Å². The highest BCUT2D eigenvalue weighted by molar-refractivity contribution is 5.50. The fourth-order valence-corrected chi connectivity index (χ4v) is 1.99. The van der Waals surface area contributed by atoms with Crippen LogP contribution in [0.2, 0.25) is 0 Å². The van der Waals surface area contributed by atoms with Crippen LogP contribution < -0.4 is 5.32 Å². The van der Waals surface area contributed by atoms with E-state index in [-0.39, 0.29) is 0 Å². The summed E-state index contributed by atoms with van der Waals surface area (Å²) in [5.74, 6) is 0.600. The van der Waals surface area contributed by atoms with E-state index in [0.29, 0.717) is 5.92 Å². The van der Waals surface area contributed by atoms with Gasteiger partial charge in [0.1, 0.15) is 0 Å². The Morgan fingerprint density at radius 3 is 2.22 bits per heavy atom. The molecule has 1 heteroatoms. The zero-order valence-corrected chi connectivity index (χ0v) is 11.4. The molecule has 0 aliphatic rings. The van der Waals surface area contributed by atoms with Crippen molar-refractivity contribution >= 4 is 5.69 Å². The zero-order chi connectivity index (χ0) is 13.0. The quantitative estimate of drug-likeness (QED) is 0.813. The van der Waals surface area contributed by atoms with Gasteiger partial charge in [-0.15, -0.1) is 0 Å². The van der Waals surface area contributed by atoms with Gasteiger partial charge < -0.3 is 5.32 Å². The molecule has 94 valence electrons. The lowest BCUT2D eigenvalue weighted by Crippen LogP contribution is -2.01. The summed E-state index contributed by atoms with van der Waals surface area (Å²) in [6.07, 6.45) is 0. The van der Waals surface area contributed by atoms with Crippen LogP contribution in [0.5, 0.6) is 0 Å². The van der Waals surface area contributed by atoms with Gasteiger partial charge in [-0.05, 0) is 35.6 Å². The Labute approximate surface area is 110 Å². The predicted octanol–water partition coefficient (Wildman–Crippen LogP) is 4.73. The van der Waals surface area contributed by atoms with Crippen molar-refractivity contribution in [2.75, 3.05) is 5.32 Å². The number of rotatable bonds is 4. The van der Waals surface area contributed by atoms with E-state index in [2.05, 4.69) is 74.6 Å². The standard InChI is InChI=1S/C17H21N/c1-13(2)16-10-8-15(9-11-16)12-18-17-7-5-4-6-14(17)3/h4-11,13,18H,12H2,1-3H3. The Morgan fingerprint density at radius 2 is 1.61 bits per heavy atom. The number of benzene rings is 2. The maximum Gasteiger partial charge on any atom is 0.0400 e. The molecule has 18 heavy (non-hydrogen) atoms. The van der Waals surface area contributed by atoms with Crippen molar-refractivity contribution in [3.63, 3.8) is 0 Å². The van der Waals surface area contributed by atoms with Crippen LogP contribution in [0.1, 0.15) is 36.5 Å². The van der Waals surface area contributed by atoms with Crippen LogP contribution in [0.4, 0.5) is 5.69 Å². The molecule has 0 amide bonds. The first-order valence-electron chi connectivity index (χ1n) is 6.55. The molecule has 0 saturated heterocycles. The first-order chi connectivity index (χ1) is 8.66. The minimum atomic E-state index is 0.600. The summed E-state index contributed by atoms with van der Waals surface area (Å²) in [5.41, 5.74) is 5.22. The monoisotopic (exact) mass is 239 g/mol. The molecule has 0 atom stereocenters. The van der Waals surface area contributed by atoms with Gasteiger partial charge in [0.05, 0.1) is 0 Å². The van der Waals surface area contributed by atoms with Crippen molar-refractivity contribution < 1.29 is 0 Å². The van der Waals surface area contributed by atoms with Crippen molar-refractivity contribution in [3.8, 4) is 0 Å². The first kappa shape index (κ1) is 12.7. The van der Waals surface area contributed by atoms with Crippen LogP contribution in [-0.4, -0.2) is 0 Å². The first-order valence-corrected chi connectivity index (χ1v) is 6.55. The number of nitrogens with one attached hydrogen (secondary N) is 1. The van der Waals surface area contributed by atoms with Crippen LogP contribution in [0.25, 0.3) is 0 Å². The summed E-state index contributed by atoms with van der Waals surface area (Å²) in [6.45, 7) is 7.45. The molecule has 0 aliphatic carbocycles. The molecule has 1 N–H and O–H groups in total. The summed E-state index contributed by atoms with van der Waals surface area (Å²) >= 11 is 0. The fourth-order valence-electron chi connectivity index (χ4n) is 1.99. The van der Waals surface area contributed by atoms with Gasteiger partial charge in [-0.1, -0.05) is 56.3 Å². The Balaban J connectivity index is 2.00. The lowest BCUT2D eigenvalue weighted by Gasteiger charge is -2.10. The van der Waals surface area contributed by atoms with Crippen molar-refractivity contribution in [3.05, 3.63) is 65.2 Å². The lowest BCUT2D eigenvalue weighted by molar-refractivity contribution is 0.865. The zero-order valence-electron chi connectivity index (χ0n) is 11.4. The third-order valence-electron chi connectivity index (χ3n) is 3.27. The average Bonchev–Trinajstić information content (AvgIpc) is 2.38. The van der Waals surface area contributed by atoms with Gasteiger partial charge in [0.25, 0.3) is 0 Å². The van der Waals surface area contributed by atoms with Crippen molar-refractivity contribution in [2.24, 2.45) is 0 Å². The van der Waals surface area contributed by atoms with Crippen LogP contribution in [0.15, 0.2) is 48.5 Å². The molecule has 0 heterocycles. The Hall–Kier alpha value is -1.76. The van der Waals surface area contributed by atoms with E-state index in [1.54, 1.807) is 0 Å². The van der Waals surface area contributed by atoms with Gasteiger partial charge in [0.2, 0.25) is 0 Å². The second-order valence-corrected chi connectivity index (χ2v) is 5.06. The second kappa shape index (κ2) is 5.72. The molecule has 0 saturated carbocycles. The van der Waals surface area contributed by atoms with Crippen LogP contribution >= 0.6 is 0 Å². The van der Waals surface area contributed by atoms with E-state index < -0.39 is 0 Å². The highest BCUT2D eigenvalue weighted by atomic mass is 14.9. The molecule has 0 unspecified atom stereocenters. The molecule has 2 aromatic rings. The largest absolute Gasteiger partial charge is 0.381 e. The SMILES string of the molecule is Cc1ccccc1NCc1ccc(C(C)C)cc1. The third kappa shape index (κ3) is 3.13. The maximum absolute atomic E-state index is 3.48. The summed E-state index contributed by atoms with van der Waals surface area (Å²) in [7, 11) is 0. The van der Waals surface area contributed by atoms with Crippen LogP contribution in [0.3, 0.4) is 0 Å². The number of aryl methyl sites for hydroxylation is 1. The molecule has 0 fully saturated rings. The molecule has 0 aliphatic heterocycles. The molecule has 0 bridgehead atoms. The second-order valence-electron chi connectivity index (χ2n) is 5.06. The summed E-state index contributed by atoms with van der Waals surface area (Å²) < 4.78 is 0. The van der Waals surface area contributed by atoms with E-state index in [1.165, 1.54) is 22.4 Å². The van der Waals surface area contributed by atoms with Crippen molar-refractivity contribution in [1.82, 2.24) is 0 Å². The van der Waals surface area contributed by atoms with Gasteiger partial charge in [-0.3, -0.25) is 0 Å². The number of hydrogen-bond donors (Lipinski definition) is 1. The predicted molar refractivity (Wildman–Crippen MR) is 79.0 cm³/mol. The number of para-hydroxylation sites is 1. The van der Waals surface area contributed by atoms with Crippen LogP contribution in [-0.2, 0) is 6.54 Å². The Bertz CT molecular complexity index is 497. The lowest BCUT2D eigenvalue weighted by atomic mass is 10.0. The molecule has 2 rings (SSSR count).